The largest absolute Gasteiger partial charge is 0.473 e. The third-order valence-electron chi connectivity index (χ3n) is 7.80. The molecule has 0 aromatic rings. The van der Waals surface area contributed by atoms with Crippen molar-refractivity contribution in [2.45, 2.75) is 206 Å². The van der Waals surface area contributed by atoms with Crippen LogP contribution < -0.4 is 0 Å². The number of hydrogen-bond donors (Lipinski definition) is 0. The van der Waals surface area contributed by atoms with E-state index in [1.807, 2.05) is 12.5 Å². The third-order valence-corrected chi connectivity index (χ3v) is 7.80. The summed E-state index contributed by atoms with van der Waals surface area (Å²) in [6, 6.07) is 0. The van der Waals surface area contributed by atoms with Gasteiger partial charge in [0.05, 0.1) is 12.5 Å². The maximum absolute atomic E-state index is 5.51. The summed E-state index contributed by atoms with van der Waals surface area (Å²) < 4.78 is 5.51. The van der Waals surface area contributed by atoms with E-state index in [0.717, 1.165) is 12.8 Å². The van der Waals surface area contributed by atoms with Crippen LogP contribution in [0.3, 0.4) is 0 Å². The van der Waals surface area contributed by atoms with Gasteiger partial charge in [-0.25, -0.2) is 0 Å². The standard InChI is InChI=1S/C36H70O/c1-3-5-7-9-11-13-15-17-19-21-23-25-27-29-31-33-35-37-36-34-32-30-28-26-24-22-20-18-16-14-12-10-8-6-4-2/h33-36H,3-32H2,1-2H3/b35-33+,36-34+. The highest BCUT2D eigenvalue weighted by molar-refractivity contribution is 4.79. The molecule has 0 saturated heterocycles. The van der Waals surface area contributed by atoms with Crippen molar-refractivity contribution in [3.05, 3.63) is 24.7 Å². The molecule has 0 unspecified atom stereocenters. The summed E-state index contributed by atoms with van der Waals surface area (Å²) in [5, 5.41) is 0. The van der Waals surface area contributed by atoms with Crippen LogP contribution in [0.25, 0.3) is 0 Å². The van der Waals surface area contributed by atoms with Crippen LogP contribution in [0.2, 0.25) is 0 Å². The minimum atomic E-state index is 1.16. The van der Waals surface area contributed by atoms with Gasteiger partial charge in [0.25, 0.3) is 0 Å². The molecule has 220 valence electrons. The van der Waals surface area contributed by atoms with Crippen molar-refractivity contribution < 1.29 is 4.74 Å². The Bertz CT molecular complexity index is 398. The lowest BCUT2D eigenvalue weighted by Crippen LogP contribution is -1.83. The van der Waals surface area contributed by atoms with E-state index in [-0.39, 0.29) is 0 Å². The number of ether oxygens (including phenoxy) is 1. The second-order valence-electron chi connectivity index (χ2n) is 11.6. The Hall–Kier alpha value is -0.720. The van der Waals surface area contributed by atoms with Crippen LogP contribution in [-0.2, 0) is 4.74 Å². The molecule has 0 radical (unpaired) electrons. The van der Waals surface area contributed by atoms with E-state index < -0.39 is 0 Å². The Kier molecular flexibility index (Phi) is 34.6. The van der Waals surface area contributed by atoms with Crippen LogP contribution in [-0.4, -0.2) is 0 Å². The van der Waals surface area contributed by atoms with Crippen LogP contribution in [0.1, 0.15) is 206 Å². The molecule has 1 heteroatoms. The van der Waals surface area contributed by atoms with Gasteiger partial charge < -0.3 is 4.74 Å². The highest BCUT2D eigenvalue weighted by Crippen LogP contribution is 2.15. The van der Waals surface area contributed by atoms with Crippen molar-refractivity contribution in [1.29, 1.82) is 0 Å². The maximum Gasteiger partial charge on any atom is 0.0861 e. The lowest BCUT2D eigenvalue weighted by molar-refractivity contribution is 0.397. The molecule has 0 saturated carbocycles. The zero-order chi connectivity index (χ0) is 26.7. The summed E-state index contributed by atoms with van der Waals surface area (Å²) in [6.07, 6.45) is 50.4. The van der Waals surface area contributed by atoms with Crippen molar-refractivity contribution in [2.75, 3.05) is 0 Å². The Labute approximate surface area is 235 Å². The van der Waals surface area contributed by atoms with Gasteiger partial charge in [-0.1, -0.05) is 181 Å². The minimum Gasteiger partial charge on any atom is -0.473 e. The molecule has 0 bridgehead atoms. The Morgan fingerprint density at radius 2 is 0.514 bits per heavy atom. The van der Waals surface area contributed by atoms with Crippen molar-refractivity contribution in [2.24, 2.45) is 0 Å². The highest BCUT2D eigenvalue weighted by Gasteiger charge is 1.95. The number of allylic oxidation sites excluding steroid dienone is 2. The molecule has 0 aromatic carbocycles. The smallest absolute Gasteiger partial charge is 0.0861 e. The first-order chi connectivity index (χ1) is 18.4. The summed E-state index contributed by atoms with van der Waals surface area (Å²) in [5.74, 6) is 0. The van der Waals surface area contributed by atoms with Gasteiger partial charge in [-0.05, 0) is 37.8 Å². The van der Waals surface area contributed by atoms with Crippen molar-refractivity contribution >= 4 is 0 Å². The van der Waals surface area contributed by atoms with Crippen molar-refractivity contribution in [3.8, 4) is 0 Å². The summed E-state index contributed by atoms with van der Waals surface area (Å²) in [7, 11) is 0. The zero-order valence-corrected chi connectivity index (χ0v) is 25.9. The highest BCUT2D eigenvalue weighted by atomic mass is 16.5. The zero-order valence-electron chi connectivity index (χ0n) is 25.9. The molecule has 0 atom stereocenters. The first-order valence-electron chi connectivity index (χ1n) is 17.4. The SMILES string of the molecule is CCCCCCCCCCCCCCCC/C=C/O/C=C/CCCCCCCCCCCCCCCC. The van der Waals surface area contributed by atoms with E-state index in [9.17, 15) is 0 Å². The molecule has 0 fully saturated rings. The van der Waals surface area contributed by atoms with Crippen LogP contribution >= 0.6 is 0 Å². The fourth-order valence-corrected chi connectivity index (χ4v) is 5.21. The number of unbranched alkanes of at least 4 members (excludes halogenated alkanes) is 28. The fraction of sp³-hybridized carbons (Fsp3) is 0.889. The first kappa shape index (κ1) is 36.3. The Morgan fingerprint density at radius 1 is 0.297 bits per heavy atom. The number of hydrogen-bond acceptors (Lipinski definition) is 1. The normalized spacial score (nSPS) is 11.8. The Morgan fingerprint density at radius 3 is 0.757 bits per heavy atom. The van der Waals surface area contributed by atoms with Gasteiger partial charge in [-0.3, -0.25) is 0 Å². The molecule has 0 aliphatic rings. The molecule has 0 aliphatic carbocycles. The monoisotopic (exact) mass is 519 g/mol. The van der Waals surface area contributed by atoms with Gasteiger partial charge in [-0.2, -0.15) is 0 Å². The Balaban J connectivity index is 3.14. The van der Waals surface area contributed by atoms with Crippen LogP contribution in [0, 0.1) is 0 Å². The molecule has 0 heterocycles. The maximum atomic E-state index is 5.51. The molecule has 0 amide bonds. The molecule has 0 N–H and O–H groups in total. The van der Waals surface area contributed by atoms with E-state index in [1.165, 1.54) is 180 Å². The van der Waals surface area contributed by atoms with Crippen LogP contribution in [0.4, 0.5) is 0 Å². The van der Waals surface area contributed by atoms with Crippen molar-refractivity contribution in [3.63, 3.8) is 0 Å². The molecular weight excluding hydrogens is 448 g/mol. The van der Waals surface area contributed by atoms with E-state index >= 15 is 0 Å². The quantitative estimate of drug-likeness (QED) is 0.0635. The predicted molar refractivity (Wildman–Crippen MR) is 169 cm³/mol. The molecule has 0 spiro atoms. The second kappa shape index (κ2) is 35.3. The molecular formula is C36H70O. The lowest BCUT2D eigenvalue weighted by atomic mass is 10.0. The molecule has 0 rings (SSSR count). The molecule has 0 aromatic heterocycles. The molecule has 37 heavy (non-hydrogen) atoms. The summed E-state index contributed by atoms with van der Waals surface area (Å²) >= 11 is 0. The van der Waals surface area contributed by atoms with Gasteiger partial charge in [0.2, 0.25) is 0 Å². The molecule has 0 aliphatic heterocycles. The second-order valence-corrected chi connectivity index (χ2v) is 11.6. The van der Waals surface area contributed by atoms with E-state index in [0.29, 0.717) is 0 Å². The van der Waals surface area contributed by atoms with Crippen molar-refractivity contribution in [1.82, 2.24) is 0 Å². The topological polar surface area (TPSA) is 9.23 Å². The summed E-state index contributed by atoms with van der Waals surface area (Å²) in [6.45, 7) is 4.60. The minimum absolute atomic E-state index is 1.16. The summed E-state index contributed by atoms with van der Waals surface area (Å²) in [5.41, 5.74) is 0. The van der Waals surface area contributed by atoms with Crippen LogP contribution in [0.15, 0.2) is 24.7 Å². The third kappa shape index (κ3) is 35.3. The van der Waals surface area contributed by atoms with Gasteiger partial charge in [0, 0.05) is 0 Å². The first-order valence-corrected chi connectivity index (χ1v) is 17.4. The predicted octanol–water partition coefficient (Wildman–Crippen LogP) is 13.8. The number of rotatable bonds is 32. The summed E-state index contributed by atoms with van der Waals surface area (Å²) in [4.78, 5) is 0. The average molecular weight is 519 g/mol. The van der Waals surface area contributed by atoms with Gasteiger partial charge >= 0.3 is 0 Å². The van der Waals surface area contributed by atoms with E-state index in [4.69, 9.17) is 4.74 Å². The van der Waals surface area contributed by atoms with E-state index in [2.05, 4.69) is 26.0 Å². The molecule has 1 nitrogen and oxygen atoms in total. The fourth-order valence-electron chi connectivity index (χ4n) is 5.21. The lowest BCUT2D eigenvalue weighted by Gasteiger charge is -2.03. The average Bonchev–Trinajstić information content (AvgIpc) is 2.91. The van der Waals surface area contributed by atoms with Crippen LogP contribution in [0.5, 0.6) is 0 Å². The van der Waals surface area contributed by atoms with E-state index in [1.54, 1.807) is 0 Å². The van der Waals surface area contributed by atoms with Gasteiger partial charge in [0.1, 0.15) is 0 Å². The van der Waals surface area contributed by atoms with Gasteiger partial charge in [-0.15, -0.1) is 0 Å². The van der Waals surface area contributed by atoms with Gasteiger partial charge in [0.15, 0.2) is 0 Å².